The largest absolute Gasteiger partial charge is 0.486 e. The summed E-state index contributed by atoms with van der Waals surface area (Å²) >= 11 is 0. The maximum absolute atomic E-state index is 12.7. The Kier molecular flexibility index (Phi) is 5.89. The van der Waals surface area contributed by atoms with Crippen LogP contribution in [0.4, 0.5) is 0 Å². The van der Waals surface area contributed by atoms with Gasteiger partial charge in [-0.05, 0) is 38.0 Å². The number of para-hydroxylation sites is 1. The van der Waals surface area contributed by atoms with Crippen LogP contribution >= 0.6 is 0 Å². The molecule has 144 valence electrons. The van der Waals surface area contributed by atoms with Crippen molar-refractivity contribution in [1.82, 2.24) is 9.78 Å². The van der Waals surface area contributed by atoms with Crippen LogP contribution in [0, 0.1) is 13.8 Å². The number of hydrogen-bond donors (Lipinski definition) is 0. The van der Waals surface area contributed by atoms with Gasteiger partial charge in [-0.3, -0.25) is 4.79 Å². The van der Waals surface area contributed by atoms with Gasteiger partial charge >= 0.3 is 5.97 Å². The molecule has 0 atom stereocenters. The average Bonchev–Trinajstić information content (AvgIpc) is 2.67. The monoisotopic (exact) mass is 378 g/mol. The number of rotatable bonds is 6. The van der Waals surface area contributed by atoms with Crippen LogP contribution in [0.2, 0.25) is 0 Å². The number of aromatic nitrogens is 2. The van der Waals surface area contributed by atoms with Gasteiger partial charge in [0, 0.05) is 0 Å². The molecule has 0 spiro atoms. The lowest BCUT2D eigenvalue weighted by Crippen LogP contribution is -2.25. The van der Waals surface area contributed by atoms with Crippen LogP contribution < -0.4 is 10.3 Å². The third-order valence-corrected chi connectivity index (χ3v) is 4.19. The molecular weight excluding hydrogens is 356 g/mol. The van der Waals surface area contributed by atoms with E-state index in [1.807, 2.05) is 56.3 Å². The normalized spacial score (nSPS) is 10.5. The van der Waals surface area contributed by atoms with Crippen LogP contribution in [0.5, 0.6) is 5.75 Å². The molecule has 3 rings (SSSR count). The zero-order chi connectivity index (χ0) is 20.1. The predicted octanol–water partition coefficient (Wildman–Crippen LogP) is 3.61. The predicted molar refractivity (Wildman–Crippen MR) is 106 cm³/mol. The molecule has 1 aromatic heterocycles. The van der Waals surface area contributed by atoms with E-state index in [0.29, 0.717) is 5.69 Å². The number of esters is 1. The number of carbonyl (C=O) groups excluding carboxylic acids is 1. The highest BCUT2D eigenvalue weighted by molar-refractivity contribution is 5.90. The fourth-order valence-electron chi connectivity index (χ4n) is 2.83. The topological polar surface area (TPSA) is 70.4 Å². The van der Waals surface area contributed by atoms with E-state index in [0.717, 1.165) is 16.7 Å². The molecule has 0 saturated carbocycles. The minimum atomic E-state index is -0.635. The number of carbonyl (C=O) groups is 1. The second-order valence-corrected chi connectivity index (χ2v) is 6.39. The number of ether oxygens (including phenoxy) is 2. The first-order chi connectivity index (χ1) is 13.5. The summed E-state index contributed by atoms with van der Waals surface area (Å²) in [6, 6.07) is 16.4. The molecule has 1 heterocycles. The van der Waals surface area contributed by atoms with E-state index in [1.54, 1.807) is 13.0 Å². The first kappa shape index (κ1) is 19.4. The fourth-order valence-corrected chi connectivity index (χ4v) is 2.83. The van der Waals surface area contributed by atoms with Gasteiger partial charge in [0.25, 0.3) is 5.56 Å². The summed E-state index contributed by atoms with van der Waals surface area (Å²) in [6.45, 7) is 5.97. The van der Waals surface area contributed by atoms with E-state index < -0.39 is 5.97 Å². The molecule has 0 unspecified atom stereocenters. The third-order valence-electron chi connectivity index (χ3n) is 4.19. The van der Waals surface area contributed by atoms with Gasteiger partial charge < -0.3 is 9.47 Å². The van der Waals surface area contributed by atoms with Crippen molar-refractivity contribution >= 4 is 5.97 Å². The number of nitrogens with zero attached hydrogens (tertiary/aromatic N) is 2. The van der Waals surface area contributed by atoms with Gasteiger partial charge in [-0.25, -0.2) is 4.79 Å². The molecule has 3 aromatic rings. The fraction of sp³-hybridized carbons (Fsp3) is 0.227. The van der Waals surface area contributed by atoms with Crippen LogP contribution in [0.1, 0.15) is 34.1 Å². The summed E-state index contributed by atoms with van der Waals surface area (Å²) < 4.78 is 12.1. The Labute approximate surface area is 163 Å². The summed E-state index contributed by atoms with van der Waals surface area (Å²) in [6.07, 6.45) is 0. The lowest BCUT2D eigenvalue weighted by Gasteiger charge is -2.13. The van der Waals surface area contributed by atoms with Gasteiger partial charge in [0.05, 0.1) is 18.4 Å². The summed E-state index contributed by atoms with van der Waals surface area (Å²) in [5.41, 5.74) is 3.07. The highest BCUT2D eigenvalue weighted by Crippen LogP contribution is 2.19. The molecule has 0 aliphatic carbocycles. The SMILES string of the molecule is CCOC(=O)c1nn(-c2ccccc2C)c(=O)cc1OCc1cccc(C)c1. The van der Waals surface area contributed by atoms with Gasteiger partial charge in [0.15, 0.2) is 5.75 Å². The number of benzene rings is 2. The highest BCUT2D eigenvalue weighted by Gasteiger charge is 2.20. The molecule has 0 aliphatic rings. The molecule has 0 aliphatic heterocycles. The average molecular weight is 378 g/mol. The summed E-state index contributed by atoms with van der Waals surface area (Å²) in [7, 11) is 0. The standard InChI is InChI=1S/C22H22N2O4/c1-4-27-22(26)21-19(28-14-17-10-7-8-15(2)12-17)13-20(25)24(23-21)18-11-6-5-9-16(18)3/h5-13H,4,14H2,1-3H3. The first-order valence-electron chi connectivity index (χ1n) is 9.05. The first-order valence-corrected chi connectivity index (χ1v) is 9.05. The summed E-state index contributed by atoms with van der Waals surface area (Å²) in [5, 5.41) is 4.26. The molecule has 28 heavy (non-hydrogen) atoms. The maximum atomic E-state index is 12.7. The van der Waals surface area contributed by atoms with Gasteiger partial charge in [-0.1, -0.05) is 48.0 Å². The summed E-state index contributed by atoms with van der Waals surface area (Å²) in [5.74, 6) is -0.529. The van der Waals surface area contributed by atoms with Crippen LogP contribution in [-0.2, 0) is 11.3 Å². The van der Waals surface area contributed by atoms with Crippen molar-refractivity contribution in [3.8, 4) is 11.4 Å². The molecular formula is C22H22N2O4. The lowest BCUT2D eigenvalue weighted by atomic mass is 10.1. The van der Waals surface area contributed by atoms with Crippen molar-refractivity contribution in [2.45, 2.75) is 27.4 Å². The van der Waals surface area contributed by atoms with Gasteiger partial charge in [0.1, 0.15) is 6.61 Å². The summed E-state index contributed by atoms with van der Waals surface area (Å²) in [4.78, 5) is 25.1. The van der Waals surface area contributed by atoms with Crippen LogP contribution in [0.3, 0.4) is 0 Å². The van der Waals surface area contributed by atoms with Crippen molar-refractivity contribution in [2.75, 3.05) is 6.61 Å². The molecule has 2 aromatic carbocycles. The Bertz CT molecular complexity index is 1060. The van der Waals surface area contributed by atoms with E-state index >= 15 is 0 Å². The third kappa shape index (κ3) is 4.28. The van der Waals surface area contributed by atoms with Gasteiger partial charge in [-0.2, -0.15) is 9.78 Å². The van der Waals surface area contributed by atoms with Crippen LogP contribution in [-0.4, -0.2) is 22.4 Å². The van der Waals surface area contributed by atoms with Gasteiger partial charge in [0.2, 0.25) is 5.69 Å². The molecule has 0 N–H and O–H groups in total. The van der Waals surface area contributed by atoms with Crippen molar-refractivity contribution in [3.05, 3.63) is 87.3 Å². The quantitative estimate of drug-likeness (QED) is 0.613. The molecule has 0 amide bonds. The Morgan fingerprint density at radius 3 is 2.57 bits per heavy atom. The molecule has 0 bridgehead atoms. The zero-order valence-corrected chi connectivity index (χ0v) is 16.1. The van der Waals surface area contributed by atoms with Crippen molar-refractivity contribution in [2.24, 2.45) is 0 Å². The Hall–Kier alpha value is -3.41. The minimum Gasteiger partial charge on any atom is -0.486 e. The van der Waals surface area contributed by atoms with E-state index in [2.05, 4.69) is 5.10 Å². The zero-order valence-electron chi connectivity index (χ0n) is 16.1. The smallest absolute Gasteiger partial charge is 0.362 e. The van der Waals surface area contributed by atoms with E-state index in [4.69, 9.17) is 9.47 Å². The van der Waals surface area contributed by atoms with E-state index in [-0.39, 0.29) is 30.2 Å². The minimum absolute atomic E-state index is 0.0302. The molecule has 0 fully saturated rings. The highest BCUT2D eigenvalue weighted by atomic mass is 16.5. The number of aryl methyl sites for hydroxylation is 2. The van der Waals surface area contributed by atoms with Crippen molar-refractivity contribution in [3.63, 3.8) is 0 Å². The van der Waals surface area contributed by atoms with E-state index in [9.17, 15) is 9.59 Å². The molecule has 6 heteroatoms. The Morgan fingerprint density at radius 1 is 1.07 bits per heavy atom. The number of hydrogen-bond acceptors (Lipinski definition) is 5. The van der Waals surface area contributed by atoms with Gasteiger partial charge in [-0.15, -0.1) is 0 Å². The van der Waals surface area contributed by atoms with E-state index in [1.165, 1.54) is 10.7 Å². The Morgan fingerprint density at radius 2 is 1.86 bits per heavy atom. The van der Waals surface area contributed by atoms with Crippen LogP contribution in [0.15, 0.2) is 59.4 Å². The molecule has 6 nitrogen and oxygen atoms in total. The molecule has 0 saturated heterocycles. The lowest BCUT2D eigenvalue weighted by molar-refractivity contribution is 0.0511. The molecule has 0 radical (unpaired) electrons. The van der Waals surface area contributed by atoms with Crippen LogP contribution in [0.25, 0.3) is 5.69 Å². The Balaban J connectivity index is 2.01. The van der Waals surface area contributed by atoms with Crippen molar-refractivity contribution < 1.29 is 14.3 Å². The maximum Gasteiger partial charge on any atom is 0.362 e. The van der Waals surface area contributed by atoms with Crippen molar-refractivity contribution in [1.29, 1.82) is 0 Å². The second-order valence-electron chi connectivity index (χ2n) is 6.39. The second kappa shape index (κ2) is 8.52.